The summed E-state index contributed by atoms with van der Waals surface area (Å²) in [5, 5.41) is 21.5. The van der Waals surface area contributed by atoms with Crippen molar-refractivity contribution in [3.63, 3.8) is 0 Å². The second kappa shape index (κ2) is 8.01. The van der Waals surface area contributed by atoms with Crippen molar-refractivity contribution < 1.29 is 10.2 Å². The summed E-state index contributed by atoms with van der Waals surface area (Å²) in [6.45, 7) is 4.96. The zero-order valence-electron chi connectivity index (χ0n) is 10.4. The molecular formula is C12H26N2O2. The molecule has 1 fully saturated rings. The Morgan fingerprint density at radius 2 is 1.62 bits per heavy atom. The summed E-state index contributed by atoms with van der Waals surface area (Å²) in [6.07, 6.45) is 4.78. The summed E-state index contributed by atoms with van der Waals surface area (Å²) in [5.41, 5.74) is 0. The third-order valence-corrected chi connectivity index (χ3v) is 3.48. The van der Waals surface area contributed by atoms with Gasteiger partial charge in [-0.25, -0.2) is 0 Å². The molecule has 16 heavy (non-hydrogen) atoms. The van der Waals surface area contributed by atoms with E-state index in [1.165, 1.54) is 25.7 Å². The first-order valence-electron chi connectivity index (χ1n) is 6.51. The Balaban J connectivity index is 2.31. The topological polar surface area (TPSA) is 55.7 Å². The van der Waals surface area contributed by atoms with Crippen LogP contribution in [0.2, 0.25) is 0 Å². The molecule has 1 aliphatic rings. The summed E-state index contributed by atoms with van der Waals surface area (Å²) in [5.74, 6) is 0. The molecule has 0 bridgehead atoms. The van der Waals surface area contributed by atoms with Crippen molar-refractivity contribution in [2.24, 2.45) is 0 Å². The number of nitrogens with one attached hydrogen (secondary N) is 1. The van der Waals surface area contributed by atoms with Gasteiger partial charge in [-0.05, 0) is 32.2 Å². The van der Waals surface area contributed by atoms with E-state index in [1.807, 2.05) is 0 Å². The van der Waals surface area contributed by atoms with E-state index >= 15 is 0 Å². The van der Waals surface area contributed by atoms with E-state index in [0.717, 1.165) is 6.54 Å². The third-order valence-electron chi connectivity index (χ3n) is 3.48. The normalized spacial score (nSPS) is 26.2. The quantitative estimate of drug-likeness (QED) is 0.584. The average Bonchev–Trinajstić information content (AvgIpc) is 2.30. The Labute approximate surface area is 98.6 Å². The average molecular weight is 230 g/mol. The lowest BCUT2D eigenvalue weighted by Gasteiger charge is -2.36. The second-order valence-corrected chi connectivity index (χ2v) is 4.55. The maximum Gasteiger partial charge on any atom is 0.0558 e. The molecule has 4 nitrogen and oxygen atoms in total. The Morgan fingerprint density at radius 3 is 2.06 bits per heavy atom. The van der Waals surface area contributed by atoms with Gasteiger partial charge in [0.25, 0.3) is 0 Å². The highest BCUT2D eigenvalue weighted by molar-refractivity contribution is 4.82. The minimum atomic E-state index is 0.188. The van der Waals surface area contributed by atoms with E-state index in [1.54, 1.807) is 0 Å². The maximum absolute atomic E-state index is 8.99. The molecular weight excluding hydrogens is 204 g/mol. The van der Waals surface area contributed by atoms with E-state index in [4.69, 9.17) is 10.2 Å². The maximum atomic E-state index is 8.99. The van der Waals surface area contributed by atoms with Gasteiger partial charge in [0.1, 0.15) is 0 Å². The van der Waals surface area contributed by atoms with E-state index < -0.39 is 0 Å². The minimum Gasteiger partial charge on any atom is -0.395 e. The van der Waals surface area contributed by atoms with Crippen LogP contribution in [0.25, 0.3) is 0 Å². The minimum absolute atomic E-state index is 0.188. The van der Waals surface area contributed by atoms with Gasteiger partial charge >= 0.3 is 0 Å². The van der Waals surface area contributed by atoms with Crippen molar-refractivity contribution >= 4 is 0 Å². The molecule has 1 saturated carbocycles. The molecule has 4 heteroatoms. The first-order valence-corrected chi connectivity index (χ1v) is 6.51. The van der Waals surface area contributed by atoms with Gasteiger partial charge in [0.05, 0.1) is 13.2 Å². The summed E-state index contributed by atoms with van der Waals surface area (Å²) >= 11 is 0. The molecule has 1 aliphatic carbocycles. The fourth-order valence-corrected chi connectivity index (χ4v) is 2.67. The SMILES string of the molecule is CCNC1CCC(N(CCO)CCO)CC1. The standard InChI is InChI=1S/C12H26N2O2/c1-2-13-11-3-5-12(6-4-11)14(7-9-15)8-10-16/h11-13,15-16H,2-10H2,1H3. The van der Waals surface area contributed by atoms with Gasteiger partial charge in [0.15, 0.2) is 0 Å². The number of rotatable bonds is 7. The second-order valence-electron chi connectivity index (χ2n) is 4.55. The molecule has 0 atom stereocenters. The van der Waals surface area contributed by atoms with E-state index in [-0.39, 0.29) is 13.2 Å². The molecule has 1 rings (SSSR count). The van der Waals surface area contributed by atoms with Crippen molar-refractivity contribution in [2.75, 3.05) is 32.8 Å². The van der Waals surface area contributed by atoms with Crippen LogP contribution in [0.15, 0.2) is 0 Å². The molecule has 3 N–H and O–H groups in total. The van der Waals surface area contributed by atoms with Crippen LogP contribution in [0.5, 0.6) is 0 Å². The zero-order chi connectivity index (χ0) is 11.8. The van der Waals surface area contributed by atoms with Gasteiger partial charge in [-0.2, -0.15) is 0 Å². The van der Waals surface area contributed by atoms with Crippen LogP contribution >= 0.6 is 0 Å². The summed E-state index contributed by atoms with van der Waals surface area (Å²) < 4.78 is 0. The molecule has 0 heterocycles. The first-order chi connectivity index (χ1) is 7.81. The van der Waals surface area contributed by atoms with Crippen molar-refractivity contribution in [3.8, 4) is 0 Å². The molecule has 0 aromatic rings. The Kier molecular flexibility index (Phi) is 6.96. The van der Waals surface area contributed by atoms with Crippen LogP contribution in [0, 0.1) is 0 Å². The number of aliphatic hydroxyl groups excluding tert-OH is 2. The number of hydrogen-bond acceptors (Lipinski definition) is 4. The highest BCUT2D eigenvalue weighted by atomic mass is 16.3. The smallest absolute Gasteiger partial charge is 0.0558 e. The molecule has 0 amide bonds. The van der Waals surface area contributed by atoms with Crippen LogP contribution in [-0.4, -0.2) is 60.0 Å². The van der Waals surface area contributed by atoms with E-state index in [2.05, 4.69) is 17.1 Å². The lowest BCUT2D eigenvalue weighted by molar-refractivity contribution is 0.0951. The van der Waals surface area contributed by atoms with Crippen LogP contribution in [0.3, 0.4) is 0 Å². The van der Waals surface area contributed by atoms with Crippen LogP contribution in [0.4, 0.5) is 0 Å². The van der Waals surface area contributed by atoms with Gasteiger partial charge in [-0.1, -0.05) is 6.92 Å². The molecule has 0 radical (unpaired) electrons. The number of aliphatic hydroxyl groups is 2. The molecule has 0 aromatic heterocycles. The highest BCUT2D eigenvalue weighted by Crippen LogP contribution is 2.22. The molecule has 96 valence electrons. The van der Waals surface area contributed by atoms with Crippen molar-refractivity contribution in [1.82, 2.24) is 10.2 Å². The summed E-state index contributed by atoms with van der Waals surface area (Å²) in [7, 11) is 0. The molecule has 0 aromatic carbocycles. The van der Waals surface area contributed by atoms with Crippen molar-refractivity contribution in [2.45, 2.75) is 44.7 Å². The van der Waals surface area contributed by atoms with Gasteiger partial charge in [0.2, 0.25) is 0 Å². The fourth-order valence-electron chi connectivity index (χ4n) is 2.67. The molecule has 0 aliphatic heterocycles. The van der Waals surface area contributed by atoms with Crippen LogP contribution < -0.4 is 5.32 Å². The Bertz CT molecular complexity index is 164. The monoisotopic (exact) mass is 230 g/mol. The molecule has 0 spiro atoms. The molecule has 0 saturated heterocycles. The van der Waals surface area contributed by atoms with Gasteiger partial charge < -0.3 is 15.5 Å². The largest absolute Gasteiger partial charge is 0.395 e. The predicted molar refractivity (Wildman–Crippen MR) is 65.5 cm³/mol. The lowest BCUT2D eigenvalue weighted by atomic mass is 9.90. The van der Waals surface area contributed by atoms with Gasteiger partial charge in [-0.3, -0.25) is 4.90 Å². The lowest BCUT2D eigenvalue weighted by Crippen LogP contribution is -2.44. The summed E-state index contributed by atoms with van der Waals surface area (Å²) in [4.78, 5) is 2.22. The predicted octanol–water partition coefficient (Wildman–Crippen LogP) is 0.194. The zero-order valence-corrected chi connectivity index (χ0v) is 10.4. The Hall–Kier alpha value is -0.160. The van der Waals surface area contributed by atoms with Crippen molar-refractivity contribution in [1.29, 1.82) is 0 Å². The van der Waals surface area contributed by atoms with Crippen LogP contribution in [0.1, 0.15) is 32.6 Å². The number of nitrogens with zero attached hydrogens (tertiary/aromatic N) is 1. The molecule has 0 unspecified atom stereocenters. The highest BCUT2D eigenvalue weighted by Gasteiger charge is 2.24. The van der Waals surface area contributed by atoms with E-state index in [9.17, 15) is 0 Å². The van der Waals surface area contributed by atoms with Crippen LogP contribution in [-0.2, 0) is 0 Å². The van der Waals surface area contributed by atoms with Crippen molar-refractivity contribution in [3.05, 3.63) is 0 Å². The van der Waals surface area contributed by atoms with Gasteiger partial charge in [0, 0.05) is 25.2 Å². The fraction of sp³-hybridized carbons (Fsp3) is 1.00. The Morgan fingerprint density at radius 1 is 1.06 bits per heavy atom. The first kappa shape index (κ1) is 13.9. The number of hydrogen-bond donors (Lipinski definition) is 3. The summed E-state index contributed by atoms with van der Waals surface area (Å²) in [6, 6.07) is 1.22. The van der Waals surface area contributed by atoms with E-state index in [0.29, 0.717) is 25.2 Å². The van der Waals surface area contributed by atoms with Gasteiger partial charge in [-0.15, -0.1) is 0 Å². The third kappa shape index (κ3) is 4.37.